The molecule has 0 aliphatic rings. The molecule has 0 rings (SSSR count). The van der Waals surface area contributed by atoms with Gasteiger partial charge in [-0.2, -0.15) is 0 Å². The lowest BCUT2D eigenvalue weighted by Crippen LogP contribution is -2.12. The van der Waals surface area contributed by atoms with Gasteiger partial charge in [-0.05, 0) is 12.8 Å². The summed E-state index contributed by atoms with van der Waals surface area (Å²) in [5.74, 6) is -0.733. The van der Waals surface area contributed by atoms with Crippen LogP contribution in [-0.4, -0.2) is 24.3 Å². The van der Waals surface area contributed by atoms with Gasteiger partial charge in [0.2, 0.25) is 0 Å². The molecule has 15 heavy (non-hydrogen) atoms. The Morgan fingerprint density at radius 2 is 1.87 bits per heavy atom. The van der Waals surface area contributed by atoms with Gasteiger partial charge < -0.3 is 9.84 Å². The highest BCUT2D eigenvalue weighted by atomic mass is 16.5. The zero-order valence-electron chi connectivity index (χ0n) is 10.00. The first-order valence-electron chi connectivity index (χ1n) is 5.95. The molecule has 0 aromatic carbocycles. The summed E-state index contributed by atoms with van der Waals surface area (Å²) in [4.78, 5) is 10.4. The van der Waals surface area contributed by atoms with Crippen LogP contribution in [0.15, 0.2) is 0 Å². The molecule has 1 atom stereocenters. The second-order valence-corrected chi connectivity index (χ2v) is 3.99. The van der Waals surface area contributed by atoms with Crippen molar-refractivity contribution in [3.8, 4) is 0 Å². The molecule has 0 spiro atoms. The fourth-order valence-corrected chi connectivity index (χ4v) is 1.64. The first kappa shape index (κ1) is 14.4. The predicted molar refractivity (Wildman–Crippen MR) is 61.0 cm³/mol. The molecule has 0 aliphatic carbocycles. The van der Waals surface area contributed by atoms with Gasteiger partial charge >= 0.3 is 5.97 Å². The maximum absolute atomic E-state index is 10.4. The molecule has 0 amide bonds. The minimum atomic E-state index is -0.733. The molecule has 0 aromatic heterocycles. The van der Waals surface area contributed by atoms with E-state index < -0.39 is 5.97 Å². The Morgan fingerprint density at radius 3 is 2.40 bits per heavy atom. The normalized spacial score (nSPS) is 12.7. The third-order valence-electron chi connectivity index (χ3n) is 2.64. The molecule has 0 saturated heterocycles. The van der Waals surface area contributed by atoms with Crippen LogP contribution in [0.1, 0.15) is 58.3 Å². The maximum atomic E-state index is 10.4. The molecule has 1 N–H and O–H groups in total. The topological polar surface area (TPSA) is 46.5 Å². The van der Waals surface area contributed by atoms with Gasteiger partial charge in [-0.1, -0.05) is 39.0 Å². The lowest BCUT2D eigenvalue weighted by Gasteiger charge is -2.13. The number of aliphatic carboxylic acids is 1. The van der Waals surface area contributed by atoms with Crippen LogP contribution in [0.3, 0.4) is 0 Å². The summed E-state index contributed by atoms with van der Waals surface area (Å²) in [6, 6.07) is 0. The number of hydrogen-bond donors (Lipinski definition) is 1. The van der Waals surface area contributed by atoms with Crippen LogP contribution in [0.5, 0.6) is 0 Å². The molecule has 3 nitrogen and oxygen atoms in total. The first-order chi connectivity index (χ1) is 7.20. The second-order valence-electron chi connectivity index (χ2n) is 3.99. The van der Waals surface area contributed by atoms with E-state index in [0.29, 0.717) is 6.42 Å². The largest absolute Gasteiger partial charge is 0.481 e. The molecule has 0 fully saturated rings. The predicted octanol–water partition coefficient (Wildman–Crippen LogP) is 3.23. The van der Waals surface area contributed by atoms with Gasteiger partial charge in [0, 0.05) is 13.5 Å². The van der Waals surface area contributed by atoms with E-state index in [4.69, 9.17) is 9.84 Å². The highest BCUT2D eigenvalue weighted by Crippen LogP contribution is 2.12. The van der Waals surface area contributed by atoms with Crippen molar-refractivity contribution in [3.63, 3.8) is 0 Å². The molecule has 0 aliphatic heterocycles. The lowest BCUT2D eigenvalue weighted by atomic mass is 10.0. The van der Waals surface area contributed by atoms with Gasteiger partial charge in [0.05, 0.1) is 6.10 Å². The number of carbonyl (C=O) groups is 1. The first-order valence-corrected chi connectivity index (χ1v) is 5.95. The molecular weight excluding hydrogens is 192 g/mol. The minimum Gasteiger partial charge on any atom is -0.481 e. The van der Waals surface area contributed by atoms with Crippen molar-refractivity contribution >= 4 is 5.97 Å². The Labute approximate surface area is 92.8 Å². The summed E-state index contributed by atoms with van der Waals surface area (Å²) in [5, 5.41) is 8.54. The van der Waals surface area contributed by atoms with E-state index in [2.05, 4.69) is 6.92 Å². The van der Waals surface area contributed by atoms with Crippen molar-refractivity contribution in [3.05, 3.63) is 0 Å². The van der Waals surface area contributed by atoms with Gasteiger partial charge in [-0.25, -0.2) is 0 Å². The van der Waals surface area contributed by atoms with Crippen LogP contribution in [0.25, 0.3) is 0 Å². The van der Waals surface area contributed by atoms with Crippen molar-refractivity contribution in [1.29, 1.82) is 0 Å². The fourth-order valence-electron chi connectivity index (χ4n) is 1.64. The summed E-state index contributed by atoms with van der Waals surface area (Å²) in [5.41, 5.74) is 0. The fraction of sp³-hybridized carbons (Fsp3) is 0.917. The van der Waals surface area contributed by atoms with Crippen molar-refractivity contribution in [1.82, 2.24) is 0 Å². The molecule has 90 valence electrons. The molecule has 0 saturated carbocycles. The molecule has 0 heterocycles. The Morgan fingerprint density at radius 1 is 1.20 bits per heavy atom. The van der Waals surface area contributed by atoms with E-state index in [9.17, 15) is 4.79 Å². The van der Waals surface area contributed by atoms with Gasteiger partial charge in [-0.15, -0.1) is 0 Å². The average molecular weight is 216 g/mol. The molecule has 0 bridgehead atoms. The van der Waals surface area contributed by atoms with Crippen LogP contribution in [0, 0.1) is 0 Å². The second kappa shape index (κ2) is 9.97. The number of unbranched alkanes of at least 4 members (excludes halogenated alkanes) is 4. The van der Waals surface area contributed by atoms with E-state index in [1.165, 1.54) is 25.7 Å². The third kappa shape index (κ3) is 9.73. The number of hydrogen-bond acceptors (Lipinski definition) is 2. The standard InChI is InChI=1S/C12H24O3/c1-3-4-5-6-7-8-11(15-2)9-10-12(13)14/h11H,3-10H2,1-2H3,(H,13,14)/t11-/m1/s1. The summed E-state index contributed by atoms with van der Waals surface area (Å²) in [6.07, 6.45) is 8.20. The Balaban J connectivity index is 3.40. The zero-order valence-corrected chi connectivity index (χ0v) is 10.00. The van der Waals surface area contributed by atoms with Crippen molar-refractivity contribution in [2.45, 2.75) is 64.4 Å². The van der Waals surface area contributed by atoms with Crippen molar-refractivity contribution in [2.24, 2.45) is 0 Å². The van der Waals surface area contributed by atoms with Crippen LogP contribution >= 0.6 is 0 Å². The van der Waals surface area contributed by atoms with E-state index >= 15 is 0 Å². The van der Waals surface area contributed by atoms with E-state index in [0.717, 1.165) is 12.8 Å². The molecule has 0 radical (unpaired) electrons. The van der Waals surface area contributed by atoms with Crippen LogP contribution in [0.4, 0.5) is 0 Å². The van der Waals surface area contributed by atoms with Gasteiger partial charge in [0.1, 0.15) is 0 Å². The average Bonchev–Trinajstić information content (AvgIpc) is 2.22. The van der Waals surface area contributed by atoms with Gasteiger partial charge in [0.15, 0.2) is 0 Å². The number of ether oxygens (including phenoxy) is 1. The number of methoxy groups -OCH3 is 1. The number of carboxylic acids is 1. The zero-order chi connectivity index (χ0) is 11.5. The Kier molecular flexibility index (Phi) is 9.59. The van der Waals surface area contributed by atoms with Crippen molar-refractivity contribution in [2.75, 3.05) is 7.11 Å². The van der Waals surface area contributed by atoms with Crippen LogP contribution in [-0.2, 0) is 9.53 Å². The van der Waals surface area contributed by atoms with Crippen LogP contribution in [0.2, 0.25) is 0 Å². The van der Waals surface area contributed by atoms with E-state index in [1.54, 1.807) is 7.11 Å². The summed E-state index contributed by atoms with van der Waals surface area (Å²) in [6.45, 7) is 2.20. The Hall–Kier alpha value is -0.570. The monoisotopic (exact) mass is 216 g/mol. The van der Waals surface area contributed by atoms with Gasteiger partial charge in [0.25, 0.3) is 0 Å². The SMILES string of the molecule is CCCCCCC[C@H](CCC(=O)O)OC. The van der Waals surface area contributed by atoms with E-state index in [1.807, 2.05) is 0 Å². The Bertz CT molecular complexity index is 157. The molecular formula is C12H24O3. The molecule has 0 unspecified atom stereocenters. The maximum Gasteiger partial charge on any atom is 0.303 e. The van der Waals surface area contributed by atoms with Gasteiger partial charge in [-0.3, -0.25) is 4.79 Å². The summed E-state index contributed by atoms with van der Waals surface area (Å²) in [7, 11) is 1.67. The van der Waals surface area contributed by atoms with Crippen molar-refractivity contribution < 1.29 is 14.6 Å². The van der Waals surface area contributed by atoms with E-state index in [-0.39, 0.29) is 12.5 Å². The molecule has 0 aromatic rings. The summed E-state index contributed by atoms with van der Waals surface area (Å²) >= 11 is 0. The third-order valence-corrected chi connectivity index (χ3v) is 2.64. The van der Waals surface area contributed by atoms with Crippen LogP contribution < -0.4 is 0 Å². The highest BCUT2D eigenvalue weighted by Gasteiger charge is 2.09. The quantitative estimate of drug-likeness (QED) is 0.570. The lowest BCUT2D eigenvalue weighted by molar-refractivity contribution is -0.137. The smallest absolute Gasteiger partial charge is 0.303 e. The molecule has 3 heteroatoms. The minimum absolute atomic E-state index is 0.128. The highest BCUT2D eigenvalue weighted by molar-refractivity contribution is 5.66. The number of rotatable bonds is 10. The number of carboxylic acid groups (broad SMARTS) is 1. The summed E-state index contributed by atoms with van der Waals surface area (Å²) < 4.78 is 5.24.